The van der Waals surface area contributed by atoms with Crippen LogP contribution in [0.5, 0.6) is 0 Å². The molecule has 0 spiro atoms. The van der Waals surface area contributed by atoms with E-state index >= 15 is 0 Å². The lowest BCUT2D eigenvalue weighted by molar-refractivity contribution is -0.148. The first kappa shape index (κ1) is 25.1. The molecule has 0 amide bonds. The van der Waals surface area contributed by atoms with E-state index in [0.717, 1.165) is 42.4 Å². The van der Waals surface area contributed by atoms with Crippen molar-refractivity contribution in [1.82, 2.24) is 0 Å². The molecule has 0 N–H and O–H groups in total. The maximum atomic E-state index is 11.5. The van der Waals surface area contributed by atoms with Gasteiger partial charge in [0.15, 0.2) is 0 Å². The van der Waals surface area contributed by atoms with Crippen LogP contribution in [0.1, 0.15) is 113 Å². The summed E-state index contributed by atoms with van der Waals surface area (Å²) in [7, 11) is 0. The predicted molar refractivity (Wildman–Crippen MR) is 138 cm³/mol. The summed E-state index contributed by atoms with van der Waals surface area (Å²) in [6.45, 7) is 20.6. The zero-order valence-electron chi connectivity index (χ0n) is 22.6. The highest BCUT2D eigenvalue weighted by atomic mass is 16.5. The fourth-order valence-corrected chi connectivity index (χ4v) is 8.92. The smallest absolute Gasteiger partial charge is 0.302 e. The van der Waals surface area contributed by atoms with Crippen LogP contribution in [-0.2, 0) is 9.53 Å². The van der Waals surface area contributed by atoms with Gasteiger partial charge in [0.2, 0.25) is 0 Å². The lowest BCUT2D eigenvalue weighted by atomic mass is 9.47. The summed E-state index contributed by atoms with van der Waals surface area (Å²) in [4.78, 5) is 11.5. The van der Waals surface area contributed by atoms with E-state index in [1.807, 2.05) is 0 Å². The summed E-state index contributed by atoms with van der Waals surface area (Å²) in [5.41, 5.74) is 4.10. The lowest BCUT2D eigenvalue weighted by Crippen LogP contribution is -2.51. The monoisotopic (exact) mass is 454 g/mol. The van der Waals surface area contributed by atoms with Crippen molar-refractivity contribution >= 4 is 5.97 Å². The third-order valence-electron chi connectivity index (χ3n) is 11.1. The van der Waals surface area contributed by atoms with Gasteiger partial charge in [0.1, 0.15) is 6.10 Å². The SMILES string of the molecule is C=C(CC[C@@H](C)[C@H]1CC[C@H]2[C@@H]3CC=C4C[C@@H](OC(C)=O)CC[C@]4(C)[C@H]3CC[C@]12C)C(C)(C)C. The first-order valence-electron chi connectivity index (χ1n) is 13.9. The number of esters is 1. The van der Waals surface area contributed by atoms with Crippen LogP contribution in [0.4, 0.5) is 0 Å². The van der Waals surface area contributed by atoms with Crippen LogP contribution in [0.25, 0.3) is 0 Å². The van der Waals surface area contributed by atoms with Crippen molar-refractivity contribution in [2.75, 3.05) is 0 Å². The molecule has 0 aromatic carbocycles. The zero-order valence-corrected chi connectivity index (χ0v) is 22.6. The predicted octanol–water partition coefficient (Wildman–Crippen LogP) is 8.52. The highest BCUT2D eigenvalue weighted by Gasteiger charge is 2.59. The van der Waals surface area contributed by atoms with Gasteiger partial charge >= 0.3 is 5.97 Å². The maximum Gasteiger partial charge on any atom is 0.302 e. The van der Waals surface area contributed by atoms with Gasteiger partial charge in [0.05, 0.1) is 0 Å². The van der Waals surface area contributed by atoms with Crippen LogP contribution in [-0.4, -0.2) is 12.1 Å². The van der Waals surface area contributed by atoms with E-state index in [-0.39, 0.29) is 17.5 Å². The molecule has 4 rings (SSSR count). The Morgan fingerprint density at radius 2 is 1.88 bits per heavy atom. The molecular weight excluding hydrogens is 404 g/mol. The van der Waals surface area contributed by atoms with Crippen molar-refractivity contribution in [3.05, 3.63) is 23.8 Å². The van der Waals surface area contributed by atoms with E-state index in [4.69, 9.17) is 4.74 Å². The van der Waals surface area contributed by atoms with Gasteiger partial charge in [-0.05, 0) is 104 Å². The average molecular weight is 455 g/mol. The van der Waals surface area contributed by atoms with E-state index in [0.29, 0.717) is 10.8 Å². The molecule has 2 heteroatoms. The number of carbonyl (C=O) groups is 1. The Hall–Kier alpha value is -1.05. The molecule has 0 aromatic heterocycles. The van der Waals surface area contributed by atoms with E-state index in [2.05, 4.69) is 54.2 Å². The van der Waals surface area contributed by atoms with Gasteiger partial charge in [-0.3, -0.25) is 4.79 Å². The summed E-state index contributed by atoms with van der Waals surface area (Å²) in [6, 6.07) is 0. The second-order valence-corrected chi connectivity index (χ2v) is 13.8. The highest BCUT2D eigenvalue weighted by Crippen LogP contribution is 2.67. The van der Waals surface area contributed by atoms with Crippen LogP contribution in [0.2, 0.25) is 0 Å². The van der Waals surface area contributed by atoms with Gasteiger partial charge in [0, 0.05) is 13.3 Å². The molecule has 4 aliphatic rings. The van der Waals surface area contributed by atoms with Crippen LogP contribution in [0.3, 0.4) is 0 Å². The van der Waals surface area contributed by atoms with Gasteiger partial charge in [-0.15, -0.1) is 0 Å². The van der Waals surface area contributed by atoms with Gasteiger partial charge in [0.25, 0.3) is 0 Å². The standard InChI is InChI=1S/C31H50O2/c1-20(9-10-21(2)29(4,5)6)26-13-14-27-25-12-11-23-19-24(33-22(3)32)15-17-30(23,7)28(25)16-18-31(26,27)8/h11,20,24-28H,2,9-10,12-19H2,1,3-8H3/t20-,24+,25+,26-,27+,28+,30+,31-/m1/s1. The van der Waals surface area contributed by atoms with Crippen molar-refractivity contribution < 1.29 is 9.53 Å². The van der Waals surface area contributed by atoms with Gasteiger partial charge in [-0.1, -0.05) is 65.3 Å². The Bertz CT molecular complexity index is 800. The quantitative estimate of drug-likeness (QED) is 0.307. The molecule has 2 nitrogen and oxygen atoms in total. The Balaban J connectivity index is 1.46. The number of rotatable bonds is 5. The third kappa shape index (κ3) is 4.50. The number of ether oxygens (including phenoxy) is 1. The minimum atomic E-state index is -0.122. The highest BCUT2D eigenvalue weighted by molar-refractivity contribution is 5.66. The molecule has 186 valence electrons. The van der Waals surface area contributed by atoms with E-state index in [1.165, 1.54) is 56.9 Å². The fraction of sp³-hybridized carbons (Fsp3) is 0.839. The van der Waals surface area contributed by atoms with E-state index in [9.17, 15) is 4.79 Å². The number of hydrogen-bond donors (Lipinski definition) is 0. The largest absolute Gasteiger partial charge is 0.462 e. The molecule has 0 unspecified atom stereocenters. The van der Waals surface area contributed by atoms with Crippen LogP contribution in [0.15, 0.2) is 23.8 Å². The summed E-state index contributed by atoms with van der Waals surface area (Å²) in [5.74, 6) is 4.10. The number of carbonyl (C=O) groups excluding carboxylic acids is 1. The summed E-state index contributed by atoms with van der Waals surface area (Å²) in [5, 5.41) is 0. The van der Waals surface area contributed by atoms with Crippen molar-refractivity contribution in [3.8, 4) is 0 Å². The second kappa shape index (κ2) is 8.87. The molecule has 0 saturated heterocycles. The topological polar surface area (TPSA) is 26.3 Å². The molecule has 0 aromatic rings. The molecule has 3 fully saturated rings. The first-order valence-corrected chi connectivity index (χ1v) is 13.9. The van der Waals surface area contributed by atoms with E-state index in [1.54, 1.807) is 12.5 Å². The summed E-state index contributed by atoms with van der Waals surface area (Å²) in [6.07, 6.45) is 15.3. The molecule has 4 aliphatic carbocycles. The molecule has 0 aliphatic heterocycles. The Kier molecular flexibility index (Phi) is 6.73. The molecule has 33 heavy (non-hydrogen) atoms. The maximum absolute atomic E-state index is 11.5. The summed E-state index contributed by atoms with van der Waals surface area (Å²) < 4.78 is 5.62. The number of hydrogen-bond acceptors (Lipinski definition) is 2. The minimum absolute atomic E-state index is 0.104. The fourth-order valence-electron chi connectivity index (χ4n) is 8.92. The van der Waals surface area contributed by atoms with Crippen molar-refractivity contribution in [2.45, 2.75) is 119 Å². The molecule has 0 radical (unpaired) electrons. The Labute approximate surface area is 204 Å². The van der Waals surface area contributed by atoms with Gasteiger partial charge in [-0.2, -0.15) is 0 Å². The van der Waals surface area contributed by atoms with Gasteiger partial charge in [-0.25, -0.2) is 0 Å². The molecule has 3 saturated carbocycles. The Morgan fingerprint density at radius 3 is 2.55 bits per heavy atom. The average Bonchev–Trinajstić information content (AvgIpc) is 3.08. The molecular formula is C31H50O2. The zero-order chi connectivity index (χ0) is 24.2. The van der Waals surface area contributed by atoms with Crippen LogP contribution < -0.4 is 0 Å². The van der Waals surface area contributed by atoms with Crippen molar-refractivity contribution in [1.29, 1.82) is 0 Å². The van der Waals surface area contributed by atoms with E-state index < -0.39 is 0 Å². The summed E-state index contributed by atoms with van der Waals surface area (Å²) >= 11 is 0. The van der Waals surface area contributed by atoms with Crippen molar-refractivity contribution in [2.24, 2.45) is 45.8 Å². The number of allylic oxidation sites excluding steroid dienone is 2. The molecule has 0 bridgehead atoms. The van der Waals surface area contributed by atoms with Crippen LogP contribution >= 0.6 is 0 Å². The first-order chi connectivity index (χ1) is 15.4. The molecule has 8 atom stereocenters. The third-order valence-corrected chi connectivity index (χ3v) is 11.1. The minimum Gasteiger partial charge on any atom is -0.462 e. The Morgan fingerprint density at radius 1 is 1.15 bits per heavy atom. The lowest BCUT2D eigenvalue weighted by Gasteiger charge is -2.58. The van der Waals surface area contributed by atoms with Crippen molar-refractivity contribution in [3.63, 3.8) is 0 Å². The van der Waals surface area contributed by atoms with Crippen LogP contribution in [0, 0.1) is 45.8 Å². The normalized spacial score (nSPS) is 41.3. The van der Waals surface area contributed by atoms with Gasteiger partial charge < -0.3 is 4.74 Å². The molecule has 0 heterocycles. The second-order valence-electron chi connectivity index (χ2n) is 13.8. The number of fused-ring (bicyclic) bond motifs is 5.